The molecule has 5 nitrogen and oxygen atoms in total. The summed E-state index contributed by atoms with van der Waals surface area (Å²) in [6.07, 6.45) is 2.72. The lowest BCUT2D eigenvalue weighted by Gasteiger charge is -2.36. The summed E-state index contributed by atoms with van der Waals surface area (Å²) in [5, 5.41) is 1.14. The second-order valence-corrected chi connectivity index (χ2v) is 7.78. The lowest BCUT2D eigenvalue weighted by Crippen LogP contribution is -2.38. The van der Waals surface area contributed by atoms with Crippen molar-refractivity contribution in [3.63, 3.8) is 0 Å². The second kappa shape index (κ2) is 8.92. The molecule has 0 bridgehead atoms. The van der Waals surface area contributed by atoms with Gasteiger partial charge in [-0.3, -0.25) is 4.79 Å². The third-order valence-corrected chi connectivity index (χ3v) is 5.70. The van der Waals surface area contributed by atoms with Crippen LogP contribution in [0.2, 0.25) is 0 Å². The van der Waals surface area contributed by atoms with E-state index in [1.54, 1.807) is 0 Å². The van der Waals surface area contributed by atoms with E-state index in [0.717, 1.165) is 47.2 Å². The molecule has 0 spiro atoms. The number of H-pyrrole nitrogens is 1. The molecule has 1 aliphatic rings. The number of fused-ring (bicyclic) bond motifs is 3. The minimum Gasteiger partial charge on any atom is -0.489 e. The van der Waals surface area contributed by atoms with Crippen molar-refractivity contribution in [3.8, 4) is 5.75 Å². The molecule has 158 valence electrons. The van der Waals surface area contributed by atoms with Gasteiger partial charge in [0.1, 0.15) is 18.0 Å². The van der Waals surface area contributed by atoms with Crippen LogP contribution in [0.25, 0.3) is 10.9 Å². The van der Waals surface area contributed by atoms with Gasteiger partial charge in [-0.1, -0.05) is 43.7 Å². The Kier molecular flexibility index (Phi) is 6.09. The lowest BCUT2D eigenvalue weighted by atomic mass is 9.85. The van der Waals surface area contributed by atoms with Gasteiger partial charge < -0.3 is 19.2 Å². The van der Waals surface area contributed by atoms with Gasteiger partial charge in [-0.25, -0.2) is 0 Å². The molecule has 5 heteroatoms. The molecule has 0 aliphatic carbocycles. The van der Waals surface area contributed by atoms with Crippen LogP contribution in [0.3, 0.4) is 0 Å². The Hall–Kier alpha value is -2.79. The van der Waals surface area contributed by atoms with Crippen molar-refractivity contribution < 1.29 is 19.0 Å². The van der Waals surface area contributed by atoms with Gasteiger partial charge in [0, 0.05) is 10.9 Å². The number of aromatic amines is 1. The molecule has 0 radical (unpaired) electrons. The van der Waals surface area contributed by atoms with Gasteiger partial charge in [0.15, 0.2) is 0 Å². The highest BCUT2D eigenvalue weighted by Crippen LogP contribution is 2.43. The van der Waals surface area contributed by atoms with E-state index in [1.807, 2.05) is 31.2 Å². The van der Waals surface area contributed by atoms with Crippen molar-refractivity contribution in [2.75, 3.05) is 13.2 Å². The van der Waals surface area contributed by atoms with Gasteiger partial charge >= 0.3 is 5.97 Å². The van der Waals surface area contributed by atoms with Crippen LogP contribution in [0.4, 0.5) is 0 Å². The number of nitrogens with one attached hydrogen (secondary N) is 1. The number of carbonyl (C=O) groups excluding carboxylic acids is 1. The number of rotatable bonds is 8. The fraction of sp³-hybridized carbons (Fsp3) is 0.400. The van der Waals surface area contributed by atoms with Crippen molar-refractivity contribution in [1.82, 2.24) is 4.98 Å². The first-order valence-electron chi connectivity index (χ1n) is 10.8. The fourth-order valence-corrected chi connectivity index (χ4v) is 4.40. The molecule has 1 aromatic heterocycles. The lowest BCUT2D eigenvalue weighted by molar-refractivity contribution is -0.155. The Morgan fingerprint density at radius 1 is 1.17 bits per heavy atom. The van der Waals surface area contributed by atoms with Gasteiger partial charge in [0.25, 0.3) is 0 Å². The molecule has 0 fully saturated rings. The number of hydrogen-bond donors (Lipinski definition) is 1. The SMILES string of the molecule is CCCC1(CC(=O)OCC)OCCc2c1[nH]c1ccc(OCc3ccccc3)cc21. The maximum atomic E-state index is 12.4. The molecule has 2 aromatic carbocycles. The summed E-state index contributed by atoms with van der Waals surface area (Å²) in [6.45, 7) is 5.45. The largest absolute Gasteiger partial charge is 0.489 e. The quantitative estimate of drug-likeness (QED) is 0.517. The normalized spacial score (nSPS) is 18.2. The van der Waals surface area contributed by atoms with Crippen LogP contribution in [-0.4, -0.2) is 24.2 Å². The average molecular weight is 408 g/mol. The minimum absolute atomic E-state index is 0.218. The molecule has 1 atom stereocenters. The molecule has 2 heterocycles. The number of esters is 1. The number of benzene rings is 2. The molecule has 1 N–H and O–H groups in total. The summed E-state index contributed by atoms with van der Waals surface area (Å²) in [5.74, 6) is 0.621. The number of carbonyl (C=O) groups is 1. The minimum atomic E-state index is -0.654. The van der Waals surface area contributed by atoms with E-state index in [0.29, 0.717) is 19.8 Å². The van der Waals surface area contributed by atoms with Crippen LogP contribution < -0.4 is 4.74 Å². The van der Waals surface area contributed by atoms with Crippen molar-refractivity contribution >= 4 is 16.9 Å². The van der Waals surface area contributed by atoms with Crippen LogP contribution in [-0.2, 0) is 32.9 Å². The molecule has 30 heavy (non-hydrogen) atoms. The summed E-state index contributed by atoms with van der Waals surface area (Å²) in [7, 11) is 0. The summed E-state index contributed by atoms with van der Waals surface area (Å²) < 4.78 is 17.5. The molecule has 0 saturated heterocycles. The number of ether oxygens (including phenoxy) is 3. The van der Waals surface area contributed by atoms with Gasteiger partial charge in [-0.05, 0) is 49.1 Å². The highest BCUT2D eigenvalue weighted by atomic mass is 16.5. The third-order valence-electron chi connectivity index (χ3n) is 5.70. The Balaban J connectivity index is 1.65. The molecule has 1 unspecified atom stereocenters. The van der Waals surface area contributed by atoms with E-state index in [2.05, 4.69) is 36.2 Å². The first kappa shape index (κ1) is 20.5. The Morgan fingerprint density at radius 3 is 2.77 bits per heavy atom. The van der Waals surface area contributed by atoms with Crippen LogP contribution in [0, 0.1) is 0 Å². The highest BCUT2D eigenvalue weighted by molar-refractivity contribution is 5.87. The smallest absolute Gasteiger partial charge is 0.309 e. The van der Waals surface area contributed by atoms with E-state index in [4.69, 9.17) is 14.2 Å². The van der Waals surface area contributed by atoms with Gasteiger partial charge in [0.05, 0.1) is 25.3 Å². The van der Waals surface area contributed by atoms with E-state index < -0.39 is 5.60 Å². The van der Waals surface area contributed by atoms with Gasteiger partial charge in [-0.2, -0.15) is 0 Å². The molecular formula is C25H29NO4. The van der Waals surface area contributed by atoms with Crippen LogP contribution in [0.1, 0.15) is 49.9 Å². The maximum Gasteiger partial charge on any atom is 0.309 e. The molecular weight excluding hydrogens is 378 g/mol. The molecule has 4 rings (SSSR count). The summed E-state index contributed by atoms with van der Waals surface area (Å²) >= 11 is 0. The maximum absolute atomic E-state index is 12.4. The van der Waals surface area contributed by atoms with Crippen LogP contribution in [0.5, 0.6) is 5.75 Å². The Morgan fingerprint density at radius 2 is 2.00 bits per heavy atom. The van der Waals surface area contributed by atoms with E-state index >= 15 is 0 Å². The van der Waals surface area contributed by atoms with Crippen molar-refractivity contribution in [2.24, 2.45) is 0 Å². The van der Waals surface area contributed by atoms with Crippen molar-refractivity contribution in [2.45, 2.75) is 51.7 Å². The van der Waals surface area contributed by atoms with E-state index in [9.17, 15) is 4.79 Å². The van der Waals surface area contributed by atoms with Crippen molar-refractivity contribution in [1.29, 1.82) is 0 Å². The van der Waals surface area contributed by atoms with E-state index in [1.165, 1.54) is 5.56 Å². The predicted octanol–water partition coefficient (Wildman–Crippen LogP) is 5.27. The van der Waals surface area contributed by atoms with Crippen LogP contribution >= 0.6 is 0 Å². The summed E-state index contributed by atoms with van der Waals surface area (Å²) in [6, 6.07) is 16.3. The van der Waals surface area contributed by atoms with E-state index in [-0.39, 0.29) is 12.4 Å². The monoisotopic (exact) mass is 407 g/mol. The summed E-state index contributed by atoms with van der Waals surface area (Å²) in [4.78, 5) is 15.9. The zero-order chi connectivity index (χ0) is 21.0. The van der Waals surface area contributed by atoms with Gasteiger partial charge in [0.2, 0.25) is 0 Å². The molecule has 0 saturated carbocycles. The first-order valence-corrected chi connectivity index (χ1v) is 10.8. The Labute approximate surface area is 177 Å². The van der Waals surface area contributed by atoms with Gasteiger partial charge in [-0.15, -0.1) is 0 Å². The Bertz CT molecular complexity index is 1010. The standard InChI is InChI=1S/C25H29NO4/c1-3-13-25(16-23(27)28-4-2)24-20(12-14-30-25)21-15-19(10-11-22(21)26-24)29-17-18-8-6-5-7-9-18/h5-11,15,26H,3-4,12-14,16-17H2,1-2H3. The van der Waals surface area contributed by atoms with Crippen LogP contribution in [0.15, 0.2) is 48.5 Å². The molecule has 1 aliphatic heterocycles. The highest BCUT2D eigenvalue weighted by Gasteiger charge is 2.42. The predicted molar refractivity (Wildman–Crippen MR) is 117 cm³/mol. The zero-order valence-corrected chi connectivity index (χ0v) is 17.7. The fourth-order valence-electron chi connectivity index (χ4n) is 4.40. The van der Waals surface area contributed by atoms with Crippen molar-refractivity contribution in [3.05, 3.63) is 65.4 Å². The number of aromatic nitrogens is 1. The first-order chi connectivity index (χ1) is 14.6. The average Bonchev–Trinajstić information content (AvgIpc) is 3.13. The second-order valence-electron chi connectivity index (χ2n) is 7.78. The molecule has 3 aromatic rings. The summed E-state index contributed by atoms with van der Waals surface area (Å²) in [5.41, 5.74) is 3.76. The number of hydrogen-bond acceptors (Lipinski definition) is 4. The zero-order valence-electron chi connectivity index (χ0n) is 17.7. The third kappa shape index (κ3) is 4.08. The molecule has 0 amide bonds. The topological polar surface area (TPSA) is 60.5 Å².